The van der Waals surface area contributed by atoms with E-state index >= 15 is 0 Å². The van der Waals surface area contributed by atoms with Crippen LogP contribution in [0, 0.1) is 5.41 Å². The molecule has 4 heteroatoms. The molecule has 1 aliphatic rings. The maximum absolute atomic E-state index is 12.1. The first kappa shape index (κ1) is 13.9. The van der Waals surface area contributed by atoms with Crippen LogP contribution in [-0.2, 0) is 14.4 Å². The highest BCUT2D eigenvalue weighted by Gasteiger charge is 2.39. The molecule has 0 radical (unpaired) electrons. The van der Waals surface area contributed by atoms with Crippen LogP contribution in [0.4, 0.5) is 0 Å². The minimum Gasteiger partial charge on any atom is -0.326 e. The van der Waals surface area contributed by atoms with Crippen molar-refractivity contribution in [2.75, 3.05) is 6.54 Å². The quantitative estimate of drug-likeness (QED) is 0.700. The summed E-state index contributed by atoms with van der Waals surface area (Å²) in [6.45, 7) is 7.43. The number of nitrogens with zero attached hydrogens (tertiary/aromatic N) is 1. The lowest BCUT2D eigenvalue weighted by Crippen LogP contribution is -2.46. The zero-order chi connectivity index (χ0) is 13.2. The van der Waals surface area contributed by atoms with Crippen LogP contribution in [-0.4, -0.2) is 35.0 Å². The molecular formula is C13H21NO3. The monoisotopic (exact) mass is 239 g/mol. The van der Waals surface area contributed by atoms with Crippen LogP contribution in [0.25, 0.3) is 0 Å². The van der Waals surface area contributed by atoms with E-state index in [1.54, 1.807) is 13.8 Å². The van der Waals surface area contributed by atoms with E-state index in [0.717, 1.165) is 6.42 Å². The molecule has 0 bridgehead atoms. The number of hydrogen-bond acceptors (Lipinski definition) is 3. The smallest absolute Gasteiger partial charge is 0.291 e. The number of ketones is 2. The minimum atomic E-state index is -0.638. The van der Waals surface area contributed by atoms with Gasteiger partial charge >= 0.3 is 0 Å². The normalized spacial score (nSPS) is 20.5. The van der Waals surface area contributed by atoms with Crippen molar-refractivity contribution in [1.82, 2.24) is 4.90 Å². The molecule has 17 heavy (non-hydrogen) atoms. The molecule has 1 amide bonds. The van der Waals surface area contributed by atoms with Crippen LogP contribution < -0.4 is 0 Å². The van der Waals surface area contributed by atoms with Gasteiger partial charge in [0.1, 0.15) is 0 Å². The van der Waals surface area contributed by atoms with Crippen LogP contribution >= 0.6 is 0 Å². The Morgan fingerprint density at radius 2 is 1.88 bits per heavy atom. The largest absolute Gasteiger partial charge is 0.326 e. The van der Waals surface area contributed by atoms with E-state index in [9.17, 15) is 14.4 Å². The highest BCUT2D eigenvalue weighted by atomic mass is 16.2. The van der Waals surface area contributed by atoms with Crippen molar-refractivity contribution in [3.63, 3.8) is 0 Å². The number of carbonyl (C=O) groups is 3. The van der Waals surface area contributed by atoms with E-state index < -0.39 is 11.3 Å². The van der Waals surface area contributed by atoms with Gasteiger partial charge in [-0.15, -0.1) is 0 Å². The average molecular weight is 239 g/mol. The molecule has 0 unspecified atom stereocenters. The molecule has 0 aromatic rings. The van der Waals surface area contributed by atoms with Crippen LogP contribution in [0.2, 0.25) is 0 Å². The summed E-state index contributed by atoms with van der Waals surface area (Å²) in [6.07, 6.45) is 2.10. The van der Waals surface area contributed by atoms with Gasteiger partial charge in [0.25, 0.3) is 5.91 Å². The van der Waals surface area contributed by atoms with Gasteiger partial charge < -0.3 is 4.90 Å². The Morgan fingerprint density at radius 1 is 1.29 bits per heavy atom. The van der Waals surface area contributed by atoms with Gasteiger partial charge in [-0.1, -0.05) is 20.8 Å². The van der Waals surface area contributed by atoms with Gasteiger partial charge in [-0.05, 0) is 26.2 Å². The first-order valence-electron chi connectivity index (χ1n) is 6.17. The van der Waals surface area contributed by atoms with E-state index in [4.69, 9.17) is 0 Å². The SMILES string of the molecule is CCC(C)(C)C(=O)C(=O)N1CCC[C@H]1C(C)=O. The standard InChI is InChI=1S/C13H21NO3/c1-5-13(3,4)11(16)12(17)14-8-6-7-10(14)9(2)15/h10H,5-8H2,1-4H3/t10-/m0/s1. The Labute approximate surface area is 102 Å². The summed E-state index contributed by atoms with van der Waals surface area (Å²) in [4.78, 5) is 37.0. The van der Waals surface area contributed by atoms with Crippen molar-refractivity contribution in [3.8, 4) is 0 Å². The number of Topliss-reactive ketones (excluding diaryl/α,β-unsaturated/α-hetero) is 2. The lowest BCUT2D eigenvalue weighted by Gasteiger charge is -2.27. The van der Waals surface area contributed by atoms with Crippen LogP contribution in [0.3, 0.4) is 0 Å². The summed E-state index contributed by atoms with van der Waals surface area (Å²) in [5, 5.41) is 0. The molecule has 1 saturated heterocycles. The molecule has 0 N–H and O–H groups in total. The third-order valence-electron chi connectivity index (χ3n) is 3.68. The molecule has 1 aliphatic heterocycles. The van der Waals surface area contributed by atoms with Crippen LogP contribution in [0.15, 0.2) is 0 Å². The van der Waals surface area contributed by atoms with E-state index in [1.807, 2.05) is 6.92 Å². The average Bonchev–Trinajstić information content (AvgIpc) is 2.75. The van der Waals surface area contributed by atoms with Crippen molar-refractivity contribution in [2.24, 2.45) is 5.41 Å². The molecule has 0 aromatic heterocycles. The summed E-state index contributed by atoms with van der Waals surface area (Å²) < 4.78 is 0. The summed E-state index contributed by atoms with van der Waals surface area (Å²) in [7, 11) is 0. The molecule has 0 saturated carbocycles. The summed E-state index contributed by atoms with van der Waals surface area (Å²) in [6, 6.07) is -0.390. The predicted octanol–water partition coefficient (Wildman–Crippen LogP) is 1.57. The second-order valence-corrected chi connectivity index (χ2v) is 5.33. The molecule has 0 aromatic carbocycles. The molecular weight excluding hydrogens is 218 g/mol. The molecule has 1 atom stereocenters. The molecule has 1 rings (SSSR count). The number of carbonyl (C=O) groups excluding carboxylic acids is 3. The first-order chi connectivity index (χ1) is 7.81. The van der Waals surface area contributed by atoms with Gasteiger partial charge in [0.2, 0.25) is 5.78 Å². The Balaban J connectivity index is 2.83. The summed E-state index contributed by atoms with van der Waals surface area (Å²) in [5.74, 6) is -0.902. The fourth-order valence-electron chi connectivity index (χ4n) is 2.01. The summed E-state index contributed by atoms with van der Waals surface area (Å²) >= 11 is 0. The van der Waals surface area contributed by atoms with Crippen molar-refractivity contribution in [3.05, 3.63) is 0 Å². The number of rotatable bonds is 4. The Kier molecular flexibility index (Phi) is 4.07. The molecule has 1 heterocycles. The van der Waals surface area contributed by atoms with Crippen LogP contribution in [0.1, 0.15) is 47.0 Å². The number of likely N-dealkylation sites (tertiary alicyclic amines) is 1. The van der Waals surface area contributed by atoms with E-state index in [1.165, 1.54) is 11.8 Å². The van der Waals surface area contributed by atoms with Gasteiger partial charge in [0.05, 0.1) is 6.04 Å². The van der Waals surface area contributed by atoms with Crippen molar-refractivity contribution in [1.29, 1.82) is 0 Å². The van der Waals surface area contributed by atoms with Crippen molar-refractivity contribution in [2.45, 2.75) is 53.0 Å². The maximum atomic E-state index is 12.1. The molecule has 1 fully saturated rings. The predicted molar refractivity (Wildman–Crippen MR) is 64.5 cm³/mol. The zero-order valence-corrected chi connectivity index (χ0v) is 11.1. The lowest BCUT2D eigenvalue weighted by molar-refractivity contribution is -0.151. The van der Waals surface area contributed by atoms with Crippen molar-refractivity contribution >= 4 is 17.5 Å². The zero-order valence-electron chi connectivity index (χ0n) is 11.1. The second kappa shape index (κ2) is 4.98. The molecule has 4 nitrogen and oxygen atoms in total. The minimum absolute atomic E-state index is 0.0297. The Hall–Kier alpha value is -1.19. The fourth-order valence-corrected chi connectivity index (χ4v) is 2.01. The van der Waals surface area contributed by atoms with Gasteiger partial charge in [0, 0.05) is 12.0 Å². The second-order valence-electron chi connectivity index (χ2n) is 5.33. The Bertz CT molecular complexity index is 347. The van der Waals surface area contributed by atoms with Gasteiger partial charge in [-0.25, -0.2) is 0 Å². The van der Waals surface area contributed by atoms with E-state index in [0.29, 0.717) is 19.4 Å². The van der Waals surface area contributed by atoms with Gasteiger partial charge in [-0.3, -0.25) is 14.4 Å². The Morgan fingerprint density at radius 3 is 2.35 bits per heavy atom. The van der Waals surface area contributed by atoms with Crippen LogP contribution in [0.5, 0.6) is 0 Å². The third-order valence-corrected chi connectivity index (χ3v) is 3.68. The maximum Gasteiger partial charge on any atom is 0.291 e. The van der Waals surface area contributed by atoms with Crippen molar-refractivity contribution < 1.29 is 14.4 Å². The van der Waals surface area contributed by atoms with E-state index in [2.05, 4.69) is 0 Å². The lowest BCUT2D eigenvalue weighted by atomic mass is 9.84. The molecule has 0 aliphatic carbocycles. The summed E-state index contributed by atoms with van der Waals surface area (Å²) in [5.41, 5.74) is -0.638. The first-order valence-corrected chi connectivity index (χ1v) is 6.17. The highest BCUT2D eigenvalue weighted by Crippen LogP contribution is 2.25. The fraction of sp³-hybridized carbons (Fsp3) is 0.769. The van der Waals surface area contributed by atoms with Gasteiger partial charge in [0.15, 0.2) is 5.78 Å². The number of amides is 1. The van der Waals surface area contributed by atoms with Gasteiger partial charge in [-0.2, -0.15) is 0 Å². The topological polar surface area (TPSA) is 54.5 Å². The number of hydrogen-bond donors (Lipinski definition) is 0. The van der Waals surface area contributed by atoms with E-state index in [-0.39, 0.29) is 17.6 Å². The molecule has 0 spiro atoms. The third kappa shape index (κ3) is 2.73. The molecule has 96 valence electrons. The highest BCUT2D eigenvalue weighted by molar-refractivity contribution is 6.38.